The average molecular weight is 301 g/mol. The zero-order chi connectivity index (χ0) is 15.5. The van der Waals surface area contributed by atoms with E-state index in [1.54, 1.807) is 19.4 Å². The fourth-order valence-corrected chi connectivity index (χ4v) is 2.53. The van der Waals surface area contributed by atoms with Gasteiger partial charge in [-0.3, -0.25) is 5.32 Å². The fraction of sp³-hybridized carbons (Fsp3) is 0.294. The molecule has 0 radical (unpaired) electrons. The van der Waals surface area contributed by atoms with Gasteiger partial charge in [-0.25, -0.2) is 0 Å². The summed E-state index contributed by atoms with van der Waals surface area (Å²) < 4.78 is 16.6. The molecule has 2 aromatic heterocycles. The fourth-order valence-electron chi connectivity index (χ4n) is 2.53. The van der Waals surface area contributed by atoms with Crippen molar-refractivity contribution < 1.29 is 18.7 Å². The largest absolute Gasteiger partial charge is 0.493 e. The van der Waals surface area contributed by atoms with Crippen LogP contribution in [0.4, 0.5) is 0 Å². The lowest BCUT2D eigenvalue weighted by Gasteiger charge is -2.18. The average Bonchev–Trinajstić information content (AvgIpc) is 3.20. The summed E-state index contributed by atoms with van der Waals surface area (Å²) >= 11 is 0. The molecule has 3 aromatic rings. The van der Waals surface area contributed by atoms with Gasteiger partial charge in [-0.15, -0.1) is 0 Å². The number of hydrogen-bond donors (Lipinski definition) is 2. The van der Waals surface area contributed by atoms with Crippen molar-refractivity contribution in [3.05, 3.63) is 54.2 Å². The maximum Gasteiger partial charge on any atom is 0.176 e. The van der Waals surface area contributed by atoms with Crippen molar-refractivity contribution in [2.24, 2.45) is 0 Å². The summed E-state index contributed by atoms with van der Waals surface area (Å²) in [7, 11) is 1.62. The van der Waals surface area contributed by atoms with Gasteiger partial charge in [-0.05, 0) is 31.2 Å². The first-order valence-corrected chi connectivity index (χ1v) is 7.19. The third kappa shape index (κ3) is 2.73. The SMILES string of the molecule is COc1cccc2cc(C(C)NC(CO)c3ccco3)oc12. The maximum absolute atomic E-state index is 9.54. The van der Waals surface area contributed by atoms with Crippen LogP contribution in [0.5, 0.6) is 5.75 Å². The number of furan rings is 2. The van der Waals surface area contributed by atoms with Crippen LogP contribution in [0.25, 0.3) is 11.0 Å². The zero-order valence-electron chi connectivity index (χ0n) is 12.6. The number of rotatable bonds is 6. The normalized spacial score (nSPS) is 14.1. The van der Waals surface area contributed by atoms with Crippen molar-refractivity contribution in [3.8, 4) is 5.75 Å². The number of ether oxygens (including phenoxy) is 1. The van der Waals surface area contributed by atoms with Crippen LogP contribution in [-0.2, 0) is 0 Å². The highest BCUT2D eigenvalue weighted by Gasteiger charge is 2.20. The zero-order valence-corrected chi connectivity index (χ0v) is 12.6. The number of fused-ring (bicyclic) bond motifs is 1. The summed E-state index contributed by atoms with van der Waals surface area (Å²) in [5.74, 6) is 2.19. The van der Waals surface area contributed by atoms with Crippen molar-refractivity contribution in [1.29, 1.82) is 0 Å². The first-order chi connectivity index (χ1) is 10.7. The Morgan fingerprint density at radius 2 is 2.09 bits per heavy atom. The first kappa shape index (κ1) is 14.7. The minimum Gasteiger partial charge on any atom is -0.493 e. The number of hydrogen-bond acceptors (Lipinski definition) is 5. The second-order valence-corrected chi connectivity index (χ2v) is 5.17. The molecule has 5 heteroatoms. The Morgan fingerprint density at radius 1 is 1.23 bits per heavy atom. The first-order valence-electron chi connectivity index (χ1n) is 7.19. The van der Waals surface area contributed by atoms with Crippen LogP contribution in [0, 0.1) is 0 Å². The smallest absolute Gasteiger partial charge is 0.176 e. The molecule has 2 heterocycles. The Balaban J connectivity index is 1.84. The quantitative estimate of drug-likeness (QED) is 0.730. The highest BCUT2D eigenvalue weighted by Crippen LogP contribution is 2.31. The second-order valence-electron chi connectivity index (χ2n) is 5.17. The summed E-state index contributed by atoms with van der Waals surface area (Å²) in [6.45, 7) is 1.93. The summed E-state index contributed by atoms with van der Waals surface area (Å²) in [5.41, 5.74) is 0.729. The molecule has 0 spiro atoms. The van der Waals surface area contributed by atoms with E-state index in [1.807, 2.05) is 37.3 Å². The molecule has 22 heavy (non-hydrogen) atoms. The van der Waals surface area contributed by atoms with Crippen LogP contribution < -0.4 is 10.1 Å². The summed E-state index contributed by atoms with van der Waals surface area (Å²) in [6, 6.07) is 11.0. The summed E-state index contributed by atoms with van der Waals surface area (Å²) in [6.07, 6.45) is 1.59. The van der Waals surface area contributed by atoms with Gasteiger partial charge in [-0.1, -0.05) is 12.1 Å². The topological polar surface area (TPSA) is 67.8 Å². The van der Waals surface area contributed by atoms with Crippen LogP contribution in [-0.4, -0.2) is 18.8 Å². The third-order valence-corrected chi connectivity index (χ3v) is 3.69. The second kappa shape index (κ2) is 6.25. The molecule has 0 saturated heterocycles. The van der Waals surface area contributed by atoms with Crippen LogP contribution in [0.3, 0.4) is 0 Å². The molecule has 5 nitrogen and oxygen atoms in total. The molecule has 0 fully saturated rings. The van der Waals surface area contributed by atoms with Gasteiger partial charge in [0.1, 0.15) is 11.5 Å². The summed E-state index contributed by atoms with van der Waals surface area (Å²) in [4.78, 5) is 0. The molecule has 2 unspecified atom stereocenters. The molecule has 2 N–H and O–H groups in total. The summed E-state index contributed by atoms with van der Waals surface area (Å²) in [5, 5.41) is 13.8. The van der Waals surface area contributed by atoms with E-state index in [2.05, 4.69) is 5.32 Å². The van der Waals surface area contributed by atoms with Gasteiger partial charge in [0.25, 0.3) is 0 Å². The van der Waals surface area contributed by atoms with E-state index in [0.717, 1.165) is 16.7 Å². The van der Waals surface area contributed by atoms with Crippen LogP contribution in [0.1, 0.15) is 30.5 Å². The van der Waals surface area contributed by atoms with Gasteiger partial charge in [0.15, 0.2) is 11.3 Å². The van der Waals surface area contributed by atoms with E-state index in [0.29, 0.717) is 11.5 Å². The lowest BCUT2D eigenvalue weighted by atomic mass is 10.1. The van der Waals surface area contributed by atoms with Gasteiger partial charge in [0, 0.05) is 5.39 Å². The minimum absolute atomic E-state index is 0.0542. The van der Waals surface area contributed by atoms with Gasteiger partial charge >= 0.3 is 0 Å². The van der Waals surface area contributed by atoms with Gasteiger partial charge in [0.05, 0.1) is 32.1 Å². The Morgan fingerprint density at radius 3 is 2.77 bits per heavy atom. The molecule has 1 aromatic carbocycles. The van der Waals surface area contributed by atoms with E-state index < -0.39 is 0 Å². The lowest BCUT2D eigenvalue weighted by molar-refractivity contribution is 0.213. The lowest BCUT2D eigenvalue weighted by Crippen LogP contribution is -2.26. The molecule has 0 aliphatic carbocycles. The van der Waals surface area contributed by atoms with Gasteiger partial charge < -0.3 is 18.7 Å². The molecule has 0 aliphatic heterocycles. The molecule has 0 aliphatic rings. The molecule has 3 rings (SSSR count). The highest BCUT2D eigenvalue weighted by atomic mass is 16.5. The highest BCUT2D eigenvalue weighted by molar-refractivity contribution is 5.83. The van der Waals surface area contributed by atoms with E-state index in [-0.39, 0.29) is 18.7 Å². The number of aliphatic hydroxyl groups excluding tert-OH is 1. The predicted molar refractivity (Wildman–Crippen MR) is 82.9 cm³/mol. The molecule has 0 saturated carbocycles. The molecule has 0 bridgehead atoms. The molecular formula is C17H19NO4. The van der Waals surface area contributed by atoms with Crippen LogP contribution >= 0.6 is 0 Å². The molecular weight excluding hydrogens is 282 g/mol. The Kier molecular flexibility index (Phi) is 4.18. The molecule has 116 valence electrons. The number of benzene rings is 1. The number of aliphatic hydroxyl groups is 1. The Hall–Kier alpha value is -2.24. The maximum atomic E-state index is 9.54. The standard InChI is InChI=1S/C17H19NO4/c1-11(18-13(10-19)14-7-4-8-21-14)16-9-12-5-3-6-15(20-2)17(12)22-16/h3-9,11,13,18-19H,10H2,1-2H3. The molecule has 0 amide bonds. The number of nitrogens with one attached hydrogen (secondary N) is 1. The van der Waals surface area contributed by atoms with Crippen molar-refractivity contribution in [2.75, 3.05) is 13.7 Å². The minimum atomic E-state index is -0.278. The predicted octanol–water partition coefficient (Wildman–Crippen LogP) is 3.42. The van der Waals surface area contributed by atoms with E-state index in [1.165, 1.54) is 0 Å². The van der Waals surface area contributed by atoms with Crippen LogP contribution in [0.15, 0.2) is 51.5 Å². The van der Waals surface area contributed by atoms with Crippen LogP contribution in [0.2, 0.25) is 0 Å². The van der Waals surface area contributed by atoms with Crippen molar-refractivity contribution in [2.45, 2.75) is 19.0 Å². The van der Waals surface area contributed by atoms with Crippen molar-refractivity contribution in [1.82, 2.24) is 5.32 Å². The van der Waals surface area contributed by atoms with Crippen molar-refractivity contribution >= 4 is 11.0 Å². The number of methoxy groups -OCH3 is 1. The van der Waals surface area contributed by atoms with Gasteiger partial charge in [0.2, 0.25) is 0 Å². The third-order valence-electron chi connectivity index (χ3n) is 3.69. The Labute approximate surface area is 128 Å². The number of para-hydroxylation sites is 1. The van der Waals surface area contributed by atoms with E-state index >= 15 is 0 Å². The Bertz CT molecular complexity index is 732. The van der Waals surface area contributed by atoms with E-state index in [9.17, 15) is 5.11 Å². The molecule has 2 atom stereocenters. The van der Waals surface area contributed by atoms with E-state index in [4.69, 9.17) is 13.6 Å². The monoisotopic (exact) mass is 301 g/mol. The van der Waals surface area contributed by atoms with Gasteiger partial charge in [-0.2, -0.15) is 0 Å². The van der Waals surface area contributed by atoms with Crippen molar-refractivity contribution in [3.63, 3.8) is 0 Å².